The molecule has 1 aliphatic heterocycles. The summed E-state index contributed by atoms with van der Waals surface area (Å²) in [6, 6.07) is 10.9. The summed E-state index contributed by atoms with van der Waals surface area (Å²) >= 11 is 0. The van der Waals surface area contributed by atoms with Crippen LogP contribution in [0.15, 0.2) is 42.5 Å². The van der Waals surface area contributed by atoms with Gasteiger partial charge in [0.15, 0.2) is 0 Å². The highest BCUT2D eigenvalue weighted by Gasteiger charge is 2.11. The molecule has 26 heavy (non-hydrogen) atoms. The molecule has 1 heterocycles. The summed E-state index contributed by atoms with van der Waals surface area (Å²) in [4.78, 5) is 23.6. The number of amides is 2. The van der Waals surface area contributed by atoms with Crippen molar-refractivity contribution in [3.05, 3.63) is 53.6 Å². The quantitative estimate of drug-likeness (QED) is 0.810. The topological polar surface area (TPSA) is 76.7 Å². The molecule has 0 saturated carbocycles. The van der Waals surface area contributed by atoms with Crippen molar-refractivity contribution in [3.8, 4) is 11.5 Å². The molecule has 0 bridgehead atoms. The second kappa shape index (κ2) is 7.74. The van der Waals surface area contributed by atoms with Crippen molar-refractivity contribution in [1.29, 1.82) is 0 Å². The number of nitrogens with one attached hydrogen (secondary N) is 2. The molecule has 2 amide bonds. The van der Waals surface area contributed by atoms with Gasteiger partial charge in [0.1, 0.15) is 11.5 Å². The first-order chi connectivity index (χ1) is 12.5. The fraction of sp³-hybridized carbons (Fsp3) is 0.200. The highest BCUT2D eigenvalue weighted by Crippen LogP contribution is 2.28. The molecule has 0 unspecified atom stereocenters. The Bertz CT molecular complexity index is 874. The van der Waals surface area contributed by atoms with E-state index in [0.29, 0.717) is 23.7 Å². The van der Waals surface area contributed by atoms with Crippen LogP contribution in [-0.4, -0.2) is 25.5 Å². The van der Waals surface area contributed by atoms with Crippen LogP contribution in [0.5, 0.6) is 11.5 Å². The molecule has 3 rings (SSSR count). The molecule has 0 radical (unpaired) electrons. The second-order valence-corrected chi connectivity index (χ2v) is 5.88. The van der Waals surface area contributed by atoms with Gasteiger partial charge >= 0.3 is 0 Å². The molecule has 0 aromatic heterocycles. The van der Waals surface area contributed by atoms with Crippen LogP contribution in [0.3, 0.4) is 0 Å². The lowest BCUT2D eigenvalue weighted by Crippen LogP contribution is -2.13. The Morgan fingerprint density at radius 1 is 1.12 bits per heavy atom. The molecule has 0 atom stereocenters. The first kappa shape index (κ1) is 17.5. The van der Waals surface area contributed by atoms with Gasteiger partial charge in [0, 0.05) is 25.5 Å². The van der Waals surface area contributed by atoms with E-state index in [2.05, 4.69) is 10.6 Å². The summed E-state index contributed by atoms with van der Waals surface area (Å²) in [6.07, 6.45) is 4.08. The molecule has 2 aromatic rings. The minimum atomic E-state index is -0.304. The summed E-state index contributed by atoms with van der Waals surface area (Å²) in [6.45, 7) is 2.11. The molecule has 0 spiro atoms. The van der Waals surface area contributed by atoms with Gasteiger partial charge in [0.25, 0.3) is 0 Å². The number of ether oxygens (including phenoxy) is 2. The van der Waals surface area contributed by atoms with E-state index in [0.717, 1.165) is 23.3 Å². The fourth-order valence-corrected chi connectivity index (χ4v) is 2.71. The second-order valence-electron chi connectivity index (χ2n) is 5.88. The van der Waals surface area contributed by atoms with Crippen molar-refractivity contribution in [2.75, 3.05) is 24.4 Å². The molecule has 6 nitrogen and oxygen atoms in total. The third-order valence-corrected chi connectivity index (χ3v) is 3.94. The maximum atomic E-state index is 12.3. The summed E-state index contributed by atoms with van der Waals surface area (Å²) in [5, 5.41) is 5.45. The molecular weight excluding hydrogens is 332 g/mol. The van der Waals surface area contributed by atoms with E-state index < -0.39 is 0 Å². The predicted molar refractivity (Wildman–Crippen MR) is 101 cm³/mol. The summed E-state index contributed by atoms with van der Waals surface area (Å²) in [5.74, 6) is 0.961. The number of benzene rings is 2. The molecule has 6 heteroatoms. The van der Waals surface area contributed by atoms with Gasteiger partial charge in [0.05, 0.1) is 25.1 Å². The van der Waals surface area contributed by atoms with Gasteiger partial charge in [-0.3, -0.25) is 9.59 Å². The molecule has 0 fully saturated rings. The summed E-state index contributed by atoms with van der Waals surface area (Å²) in [7, 11) is 1.54. The van der Waals surface area contributed by atoms with Gasteiger partial charge in [-0.2, -0.15) is 0 Å². The molecular formula is C20H20N2O4. The van der Waals surface area contributed by atoms with Gasteiger partial charge in [-0.25, -0.2) is 0 Å². The Kier molecular flexibility index (Phi) is 5.22. The number of fused-ring (bicyclic) bond motifs is 1. The minimum absolute atomic E-state index is 0.221. The zero-order valence-electron chi connectivity index (χ0n) is 14.7. The van der Waals surface area contributed by atoms with Gasteiger partial charge in [-0.1, -0.05) is 6.07 Å². The molecule has 0 saturated heterocycles. The number of rotatable bonds is 5. The highest BCUT2D eigenvalue weighted by molar-refractivity contribution is 6.05. The maximum Gasteiger partial charge on any atom is 0.248 e. The largest absolute Gasteiger partial charge is 0.497 e. The van der Waals surface area contributed by atoms with Crippen LogP contribution >= 0.6 is 0 Å². The average Bonchev–Trinajstić information content (AvgIpc) is 3.08. The van der Waals surface area contributed by atoms with E-state index in [-0.39, 0.29) is 11.8 Å². The van der Waals surface area contributed by atoms with Crippen molar-refractivity contribution in [3.63, 3.8) is 0 Å². The van der Waals surface area contributed by atoms with E-state index in [4.69, 9.17) is 9.47 Å². The third kappa shape index (κ3) is 4.22. The monoisotopic (exact) mass is 352 g/mol. The number of carbonyl (C=O) groups is 2. The first-order valence-electron chi connectivity index (χ1n) is 8.25. The van der Waals surface area contributed by atoms with Gasteiger partial charge in [-0.15, -0.1) is 0 Å². The zero-order valence-corrected chi connectivity index (χ0v) is 14.7. The normalized spacial score (nSPS) is 12.4. The Balaban J connectivity index is 1.73. The molecule has 2 N–H and O–H groups in total. The third-order valence-electron chi connectivity index (χ3n) is 3.94. The summed E-state index contributed by atoms with van der Waals surface area (Å²) in [5.41, 5.74) is 3.05. The molecule has 134 valence electrons. The van der Waals surface area contributed by atoms with Gasteiger partial charge in [0.2, 0.25) is 11.8 Å². The smallest absolute Gasteiger partial charge is 0.248 e. The van der Waals surface area contributed by atoms with Crippen molar-refractivity contribution in [2.45, 2.75) is 13.3 Å². The minimum Gasteiger partial charge on any atom is -0.497 e. The Morgan fingerprint density at radius 3 is 2.73 bits per heavy atom. The van der Waals surface area contributed by atoms with E-state index in [9.17, 15) is 9.59 Å². The van der Waals surface area contributed by atoms with Crippen LogP contribution in [0.4, 0.5) is 11.4 Å². The number of anilines is 2. The average molecular weight is 352 g/mol. The number of carbonyl (C=O) groups excluding carboxylic acids is 2. The Morgan fingerprint density at radius 2 is 1.96 bits per heavy atom. The van der Waals surface area contributed by atoms with Crippen LogP contribution in [0, 0.1) is 0 Å². The van der Waals surface area contributed by atoms with Crippen LogP contribution in [0.25, 0.3) is 6.08 Å². The molecule has 2 aromatic carbocycles. The number of hydrogen-bond acceptors (Lipinski definition) is 4. The van der Waals surface area contributed by atoms with E-state index in [1.807, 2.05) is 18.2 Å². The van der Waals surface area contributed by atoms with Crippen LogP contribution < -0.4 is 20.1 Å². The molecule has 1 aliphatic rings. The van der Waals surface area contributed by atoms with E-state index >= 15 is 0 Å². The zero-order chi connectivity index (χ0) is 18.5. The Labute approximate surface area is 151 Å². The predicted octanol–water partition coefficient (Wildman–Crippen LogP) is 3.24. The van der Waals surface area contributed by atoms with Crippen molar-refractivity contribution in [2.24, 2.45) is 0 Å². The number of hydrogen-bond donors (Lipinski definition) is 2. The highest BCUT2D eigenvalue weighted by atomic mass is 16.5. The van der Waals surface area contributed by atoms with E-state index in [1.165, 1.54) is 20.1 Å². The van der Waals surface area contributed by atoms with Crippen molar-refractivity contribution in [1.82, 2.24) is 0 Å². The standard InChI is InChI=1S/C20H20N2O4/c1-13(23)21-17-6-5-16(25-2)12-18(17)22-20(24)8-4-14-3-7-19-15(11-14)9-10-26-19/h3-8,11-12H,9-10H2,1-2H3,(H,21,23)(H,22,24)/b8-4+. The SMILES string of the molecule is COc1ccc(NC(C)=O)c(NC(=O)/C=C/c2ccc3c(c2)CCO3)c1. The Hall–Kier alpha value is -3.28. The van der Waals surface area contributed by atoms with Crippen LogP contribution in [-0.2, 0) is 16.0 Å². The summed E-state index contributed by atoms with van der Waals surface area (Å²) < 4.78 is 10.6. The van der Waals surface area contributed by atoms with Crippen molar-refractivity contribution >= 4 is 29.3 Å². The lowest BCUT2D eigenvalue weighted by molar-refractivity contribution is -0.114. The fourth-order valence-electron chi connectivity index (χ4n) is 2.71. The van der Waals surface area contributed by atoms with Crippen LogP contribution in [0.2, 0.25) is 0 Å². The van der Waals surface area contributed by atoms with Crippen LogP contribution in [0.1, 0.15) is 18.1 Å². The van der Waals surface area contributed by atoms with E-state index in [1.54, 1.807) is 24.3 Å². The lowest BCUT2D eigenvalue weighted by Gasteiger charge is -2.12. The van der Waals surface area contributed by atoms with Gasteiger partial charge in [-0.05, 0) is 41.5 Å². The first-order valence-corrected chi connectivity index (χ1v) is 8.25. The number of methoxy groups -OCH3 is 1. The van der Waals surface area contributed by atoms with Crippen molar-refractivity contribution < 1.29 is 19.1 Å². The molecule has 0 aliphatic carbocycles. The maximum absolute atomic E-state index is 12.3. The van der Waals surface area contributed by atoms with Gasteiger partial charge < -0.3 is 20.1 Å². The lowest BCUT2D eigenvalue weighted by atomic mass is 10.1.